The van der Waals surface area contributed by atoms with Crippen LogP contribution in [0.15, 0.2) is 49.2 Å². The van der Waals surface area contributed by atoms with Crippen LogP contribution in [-0.4, -0.2) is 44.7 Å². The monoisotopic (exact) mass is 350 g/mol. The van der Waals surface area contributed by atoms with Crippen molar-refractivity contribution in [1.82, 2.24) is 24.5 Å². The lowest BCUT2D eigenvalue weighted by Crippen LogP contribution is -2.36. The molecule has 4 heterocycles. The Morgan fingerprint density at radius 3 is 3.00 bits per heavy atom. The molecule has 1 fully saturated rings. The van der Waals surface area contributed by atoms with E-state index in [4.69, 9.17) is 4.74 Å². The van der Waals surface area contributed by atoms with Gasteiger partial charge in [-0.25, -0.2) is 9.97 Å². The van der Waals surface area contributed by atoms with Crippen molar-refractivity contribution >= 4 is 5.95 Å². The number of nitrogens with zero attached hydrogens (tertiary/aromatic N) is 6. The average molecular weight is 350 g/mol. The van der Waals surface area contributed by atoms with E-state index in [1.165, 1.54) is 5.56 Å². The third-order valence-electron chi connectivity index (χ3n) is 4.72. The average Bonchev–Trinajstić information content (AvgIpc) is 3.17. The molecule has 0 unspecified atom stereocenters. The van der Waals surface area contributed by atoms with Gasteiger partial charge in [0.2, 0.25) is 11.8 Å². The largest absolute Gasteiger partial charge is 0.481 e. The van der Waals surface area contributed by atoms with Crippen LogP contribution in [0.2, 0.25) is 0 Å². The zero-order valence-electron chi connectivity index (χ0n) is 14.8. The molecule has 26 heavy (non-hydrogen) atoms. The Morgan fingerprint density at radius 2 is 2.15 bits per heavy atom. The van der Waals surface area contributed by atoms with Gasteiger partial charge in [-0.3, -0.25) is 4.98 Å². The van der Waals surface area contributed by atoms with Crippen molar-refractivity contribution in [3.63, 3.8) is 0 Å². The first-order valence-electron chi connectivity index (χ1n) is 8.85. The maximum atomic E-state index is 5.23. The van der Waals surface area contributed by atoms with Crippen molar-refractivity contribution < 1.29 is 4.74 Å². The second-order valence-electron chi connectivity index (χ2n) is 6.46. The van der Waals surface area contributed by atoms with E-state index >= 15 is 0 Å². The summed E-state index contributed by atoms with van der Waals surface area (Å²) in [6.45, 7) is 2.60. The highest BCUT2D eigenvalue weighted by Gasteiger charge is 2.26. The smallest absolute Gasteiger partial charge is 0.228 e. The van der Waals surface area contributed by atoms with Gasteiger partial charge in [0, 0.05) is 56.1 Å². The van der Waals surface area contributed by atoms with Crippen molar-refractivity contribution in [2.24, 2.45) is 0 Å². The van der Waals surface area contributed by atoms with Crippen LogP contribution in [0.1, 0.15) is 30.1 Å². The lowest BCUT2D eigenvalue weighted by molar-refractivity contribution is 0.395. The second kappa shape index (κ2) is 7.51. The number of methoxy groups -OCH3 is 1. The summed E-state index contributed by atoms with van der Waals surface area (Å²) in [5.74, 6) is 2.78. The molecule has 7 nitrogen and oxygen atoms in total. The number of ether oxygens (including phenoxy) is 1. The molecule has 0 spiro atoms. The van der Waals surface area contributed by atoms with Crippen molar-refractivity contribution in [1.29, 1.82) is 0 Å². The topological polar surface area (TPSA) is 69.0 Å². The summed E-state index contributed by atoms with van der Waals surface area (Å²) < 4.78 is 7.45. The Bertz CT molecular complexity index is 850. The van der Waals surface area contributed by atoms with Crippen LogP contribution in [0.25, 0.3) is 0 Å². The molecule has 1 atom stereocenters. The van der Waals surface area contributed by atoms with Gasteiger partial charge in [-0.05, 0) is 24.5 Å². The molecule has 0 aromatic carbocycles. The predicted molar refractivity (Wildman–Crippen MR) is 98.3 cm³/mol. The Morgan fingerprint density at radius 1 is 1.19 bits per heavy atom. The van der Waals surface area contributed by atoms with E-state index in [0.29, 0.717) is 11.8 Å². The fraction of sp³-hybridized carbons (Fsp3) is 0.368. The maximum Gasteiger partial charge on any atom is 0.228 e. The summed E-state index contributed by atoms with van der Waals surface area (Å²) in [7, 11) is 1.63. The van der Waals surface area contributed by atoms with Crippen molar-refractivity contribution in [2.75, 3.05) is 25.1 Å². The van der Waals surface area contributed by atoms with Crippen molar-refractivity contribution in [3.05, 3.63) is 60.6 Å². The molecule has 7 heteroatoms. The highest BCUT2D eigenvalue weighted by atomic mass is 16.5. The molecule has 0 amide bonds. The summed E-state index contributed by atoms with van der Waals surface area (Å²) in [5, 5.41) is 0. The predicted octanol–water partition coefficient (Wildman–Crippen LogP) is 2.51. The first-order chi connectivity index (χ1) is 12.8. The van der Waals surface area contributed by atoms with Gasteiger partial charge in [0.05, 0.1) is 13.7 Å². The minimum atomic E-state index is 0.352. The summed E-state index contributed by atoms with van der Waals surface area (Å²) in [6, 6.07) is 5.83. The Balaban J connectivity index is 1.52. The van der Waals surface area contributed by atoms with E-state index in [2.05, 4.69) is 35.5 Å². The molecule has 1 saturated heterocycles. The summed E-state index contributed by atoms with van der Waals surface area (Å²) in [5.41, 5.74) is 1.18. The minimum Gasteiger partial charge on any atom is -0.481 e. The fourth-order valence-corrected chi connectivity index (χ4v) is 3.47. The van der Waals surface area contributed by atoms with E-state index < -0.39 is 0 Å². The molecule has 0 radical (unpaired) electrons. The number of hydrogen-bond donors (Lipinski definition) is 0. The van der Waals surface area contributed by atoms with Crippen LogP contribution in [-0.2, 0) is 6.54 Å². The molecule has 134 valence electrons. The van der Waals surface area contributed by atoms with Gasteiger partial charge < -0.3 is 14.2 Å². The Kier molecular flexibility index (Phi) is 4.77. The Labute approximate surface area is 152 Å². The molecule has 3 aromatic rings. The van der Waals surface area contributed by atoms with Gasteiger partial charge in [-0.15, -0.1) is 0 Å². The number of imidazole rings is 1. The molecule has 4 rings (SSSR count). The molecular formula is C19H22N6O. The molecule has 0 aliphatic carbocycles. The lowest BCUT2D eigenvalue weighted by Gasteiger charge is -2.32. The van der Waals surface area contributed by atoms with E-state index in [-0.39, 0.29) is 0 Å². The molecule has 0 bridgehead atoms. The molecular weight excluding hydrogens is 328 g/mol. The van der Waals surface area contributed by atoms with Crippen molar-refractivity contribution in [2.45, 2.75) is 25.3 Å². The van der Waals surface area contributed by atoms with Crippen molar-refractivity contribution in [3.8, 4) is 5.88 Å². The summed E-state index contributed by atoms with van der Waals surface area (Å²) in [4.78, 5) is 20.0. The highest BCUT2D eigenvalue weighted by Crippen LogP contribution is 2.28. The molecule has 1 aliphatic rings. The standard InChI is InChI=1S/C19H22N6O/c1-26-17-6-8-22-19(23-17)25-10-3-5-16(14-25)18-21-9-11-24(18)13-15-4-2-7-20-12-15/h2,4,6-9,11-12,16H,3,5,10,13-14H2,1H3/t16-/m0/s1. The third-order valence-corrected chi connectivity index (χ3v) is 4.72. The van der Waals surface area contributed by atoms with E-state index in [0.717, 1.165) is 44.2 Å². The van der Waals surface area contributed by atoms with Crippen LogP contribution in [0.5, 0.6) is 5.88 Å². The Hall–Kier alpha value is -2.96. The van der Waals surface area contributed by atoms with Crippen LogP contribution in [0.3, 0.4) is 0 Å². The van der Waals surface area contributed by atoms with Gasteiger partial charge in [-0.1, -0.05) is 6.07 Å². The highest BCUT2D eigenvalue weighted by molar-refractivity contribution is 5.34. The van der Waals surface area contributed by atoms with Gasteiger partial charge in [0.25, 0.3) is 0 Å². The number of aromatic nitrogens is 5. The fourth-order valence-electron chi connectivity index (χ4n) is 3.47. The molecule has 0 saturated carbocycles. The molecule has 0 N–H and O–H groups in total. The maximum absolute atomic E-state index is 5.23. The number of pyridine rings is 1. The van der Waals surface area contributed by atoms with Gasteiger partial charge in [-0.2, -0.15) is 4.98 Å². The van der Waals surface area contributed by atoms with E-state index in [1.54, 1.807) is 25.6 Å². The second-order valence-corrected chi connectivity index (χ2v) is 6.46. The number of rotatable bonds is 5. The summed E-state index contributed by atoms with van der Waals surface area (Å²) >= 11 is 0. The quantitative estimate of drug-likeness (QED) is 0.704. The molecule has 3 aromatic heterocycles. The van der Waals surface area contributed by atoms with Crippen LogP contribution >= 0.6 is 0 Å². The van der Waals surface area contributed by atoms with Crippen LogP contribution < -0.4 is 9.64 Å². The zero-order valence-corrected chi connectivity index (χ0v) is 14.8. The number of hydrogen-bond acceptors (Lipinski definition) is 6. The van der Waals surface area contributed by atoms with E-state index in [9.17, 15) is 0 Å². The van der Waals surface area contributed by atoms with Gasteiger partial charge in [0.1, 0.15) is 5.82 Å². The van der Waals surface area contributed by atoms with Crippen LogP contribution in [0.4, 0.5) is 5.95 Å². The molecule has 1 aliphatic heterocycles. The van der Waals surface area contributed by atoms with E-state index in [1.807, 2.05) is 24.7 Å². The lowest BCUT2D eigenvalue weighted by atomic mass is 9.97. The first kappa shape index (κ1) is 16.5. The minimum absolute atomic E-state index is 0.352. The zero-order chi connectivity index (χ0) is 17.8. The SMILES string of the molecule is COc1ccnc(N2CCC[C@H](c3nccn3Cc3cccnc3)C2)n1. The first-order valence-corrected chi connectivity index (χ1v) is 8.85. The van der Waals surface area contributed by atoms with Crippen LogP contribution in [0, 0.1) is 0 Å². The summed E-state index contributed by atoms with van der Waals surface area (Å²) in [6.07, 6.45) is 11.6. The van der Waals surface area contributed by atoms with Gasteiger partial charge >= 0.3 is 0 Å². The number of anilines is 1. The normalized spacial score (nSPS) is 17.3. The number of piperidine rings is 1. The third kappa shape index (κ3) is 3.51. The van der Waals surface area contributed by atoms with Gasteiger partial charge in [0.15, 0.2) is 0 Å².